The van der Waals surface area contributed by atoms with Crippen molar-refractivity contribution in [2.75, 3.05) is 0 Å². The Morgan fingerprint density at radius 1 is 0.762 bits per heavy atom. The van der Waals surface area contributed by atoms with E-state index in [0.29, 0.717) is 12.8 Å². The van der Waals surface area contributed by atoms with Crippen LogP contribution in [0.1, 0.15) is 72.6 Å². The summed E-state index contributed by atoms with van der Waals surface area (Å²) < 4.78 is 0. The van der Waals surface area contributed by atoms with Crippen molar-refractivity contribution < 1.29 is 29.7 Å². The smallest absolute Gasteiger partial charge is 0.303 e. The lowest BCUT2D eigenvalue weighted by molar-refractivity contribution is -0.138. The van der Waals surface area contributed by atoms with E-state index >= 15 is 0 Å². The standard InChI is InChI=1S/C6H12O2.C5H10O2.C4H8O2/c1-2-3-4-5-6(7)8;1-4(2)3-5(6)7;1-2-3-4(5)6/h2-5H2,1H3,(H,7,8);4H,3H2,1-2H3,(H,6,7);2-3H2,1H3,(H,5,6). The van der Waals surface area contributed by atoms with Crippen molar-refractivity contribution in [2.24, 2.45) is 5.92 Å². The zero-order valence-corrected chi connectivity index (χ0v) is 13.6. The van der Waals surface area contributed by atoms with Gasteiger partial charge in [0, 0.05) is 19.3 Å². The second kappa shape index (κ2) is 18.4. The minimum atomic E-state index is -0.713. The number of rotatable bonds is 8. The lowest BCUT2D eigenvalue weighted by Gasteiger charge is -1.94. The topological polar surface area (TPSA) is 112 Å². The van der Waals surface area contributed by atoms with Crippen LogP contribution in [-0.2, 0) is 14.4 Å². The fraction of sp³-hybridized carbons (Fsp3) is 0.800. The van der Waals surface area contributed by atoms with E-state index in [2.05, 4.69) is 6.92 Å². The van der Waals surface area contributed by atoms with Crippen molar-refractivity contribution in [3.63, 3.8) is 0 Å². The molecule has 0 saturated heterocycles. The molecule has 0 unspecified atom stereocenters. The third kappa shape index (κ3) is 45.7. The molecule has 126 valence electrons. The van der Waals surface area contributed by atoms with E-state index < -0.39 is 17.9 Å². The number of carbonyl (C=O) groups is 3. The Balaban J connectivity index is -0.000000234. The molecule has 0 atom stereocenters. The molecular formula is C15H30O6. The van der Waals surface area contributed by atoms with Gasteiger partial charge >= 0.3 is 17.9 Å². The fourth-order valence-electron chi connectivity index (χ4n) is 1.09. The van der Waals surface area contributed by atoms with Gasteiger partial charge in [0.1, 0.15) is 0 Å². The highest BCUT2D eigenvalue weighted by atomic mass is 16.4. The normalized spacial score (nSPS) is 9.00. The summed E-state index contributed by atoms with van der Waals surface area (Å²) in [5.74, 6) is -1.83. The van der Waals surface area contributed by atoms with Crippen LogP contribution in [-0.4, -0.2) is 33.2 Å². The Hall–Kier alpha value is -1.59. The van der Waals surface area contributed by atoms with Crippen LogP contribution in [0.25, 0.3) is 0 Å². The molecule has 0 radical (unpaired) electrons. The van der Waals surface area contributed by atoms with E-state index in [1.165, 1.54) is 0 Å². The highest BCUT2D eigenvalue weighted by Crippen LogP contribution is 1.97. The Kier molecular flexibility index (Phi) is 21.4. The molecule has 21 heavy (non-hydrogen) atoms. The van der Waals surface area contributed by atoms with Crippen LogP contribution in [0.4, 0.5) is 0 Å². The first-order chi connectivity index (χ1) is 9.67. The molecule has 0 aromatic heterocycles. The predicted molar refractivity (Wildman–Crippen MR) is 81.4 cm³/mol. The molecule has 0 heterocycles. The molecule has 0 saturated carbocycles. The quantitative estimate of drug-likeness (QED) is 0.590. The third-order valence-corrected chi connectivity index (χ3v) is 2.04. The zero-order valence-electron chi connectivity index (χ0n) is 13.6. The monoisotopic (exact) mass is 306 g/mol. The summed E-state index contributed by atoms with van der Waals surface area (Å²) in [7, 11) is 0. The van der Waals surface area contributed by atoms with Crippen molar-refractivity contribution in [3.8, 4) is 0 Å². The maximum absolute atomic E-state index is 9.87. The first-order valence-corrected chi connectivity index (χ1v) is 7.32. The van der Waals surface area contributed by atoms with E-state index in [1.807, 2.05) is 20.8 Å². The van der Waals surface area contributed by atoms with Gasteiger partial charge in [0.25, 0.3) is 0 Å². The molecule has 0 aliphatic heterocycles. The Morgan fingerprint density at radius 2 is 1.24 bits per heavy atom. The molecule has 0 aromatic rings. The van der Waals surface area contributed by atoms with Crippen molar-refractivity contribution >= 4 is 17.9 Å². The molecule has 6 nitrogen and oxygen atoms in total. The summed E-state index contributed by atoms with van der Waals surface area (Å²) in [4.78, 5) is 29.3. The van der Waals surface area contributed by atoms with Gasteiger partial charge in [-0.1, -0.05) is 40.5 Å². The lowest BCUT2D eigenvalue weighted by atomic mass is 10.1. The number of carboxylic acids is 3. The maximum Gasteiger partial charge on any atom is 0.303 e. The van der Waals surface area contributed by atoms with Crippen LogP contribution in [0.3, 0.4) is 0 Å². The highest BCUT2D eigenvalue weighted by molar-refractivity contribution is 5.67. The van der Waals surface area contributed by atoms with Gasteiger partial charge in [-0.05, 0) is 18.8 Å². The summed E-state index contributed by atoms with van der Waals surface area (Å²) in [5.41, 5.74) is 0. The summed E-state index contributed by atoms with van der Waals surface area (Å²) in [6, 6.07) is 0. The van der Waals surface area contributed by atoms with Gasteiger partial charge in [0.05, 0.1) is 0 Å². The van der Waals surface area contributed by atoms with Gasteiger partial charge in [-0.15, -0.1) is 0 Å². The van der Waals surface area contributed by atoms with E-state index in [4.69, 9.17) is 15.3 Å². The molecule has 0 rings (SSSR count). The molecule has 0 fully saturated rings. The molecule has 0 aliphatic rings. The van der Waals surface area contributed by atoms with Crippen LogP contribution >= 0.6 is 0 Å². The number of unbranched alkanes of at least 4 members (excludes halogenated alkanes) is 2. The van der Waals surface area contributed by atoms with E-state index in [-0.39, 0.29) is 12.3 Å². The SMILES string of the molecule is CC(C)CC(=O)O.CCCC(=O)O.CCCCCC(=O)O. The molecule has 0 aromatic carbocycles. The largest absolute Gasteiger partial charge is 0.481 e. The van der Waals surface area contributed by atoms with Gasteiger partial charge < -0.3 is 15.3 Å². The van der Waals surface area contributed by atoms with Crippen molar-refractivity contribution in [3.05, 3.63) is 0 Å². The number of hydrogen-bond donors (Lipinski definition) is 3. The zero-order chi connectivity index (χ0) is 17.3. The summed E-state index contributed by atoms with van der Waals surface area (Å²) in [6.45, 7) is 7.66. The van der Waals surface area contributed by atoms with Crippen LogP contribution in [0, 0.1) is 5.92 Å². The van der Waals surface area contributed by atoms with E-state index in [1.54, 1.807) is 0 Å². The van der Waals surface area contributed by atoms with Gasteiger partial charge in [-0.3, -0.25) is 14.4 Å². The highest BCUT2D eigenvalue weighted by Gasteiger charge is 1.98. The molecule has 0 amide bonds. The van der Waals surface area contributed by atoms with Gasteiger partial charge in [0.2, 0.25) is 0 Å². The Morgan fingerprint density at radius 3 is 1.38 bits per heavy atom. The summed E-state index contributed by atoms with van der Waals surface area (Å²) in [6.07, 6.45) is 4.58. The van der Waals surface area contributed by atoms with Crippen molar-refractivity contribution in [1.82, 2.24) is 0 Å². The van der Waals surface area contributed by atoms with E-state index in [9.17, 15) is 14.4 Å². The summed E-state index contributed by atoms with van der Waals surface area (Å²) >= 11 is 0. The van der Waals surface area contributed by atoms with Gasteiger partial charge in [-0.2, -0.15) is 0 Å². The Labute approximate surface area is 127 Å². The van der Waals surface area contributed by atoms with Crippen LogP contribution in [0.2, 0.25) is 0 Å². The predicted octanol–water partition coefficient (Wildman–Crippen LogP) is 3.64. The second-order valence-corrected chi connectivity index (χ2v) is 4.99. The second-order valence-electron chi connectivity index (χ2n) is 4.99. The van der Waals surface area contributed by atoms with Crippen LogP contribution in [0.15, 0.2) is 0 Å². The van der Waals surface area contributed by atoms with Crippen LogP contribution < -0.4 is 0 Å². The minimum absolute atomic E-state index is 0.275. The van der Waals surface area contributed by atoms with Gasteiger partial charge in [0.15, 0.2) is 0 Å². The maximum atomic E-state index is 9.87. The lowest BCUT2D eigenvalue weighted by Crippen LogP contribution is -1.99. The summed E-state index contributed by atoms with van der Waals surface area (Å²) in [5, 5.41) is 24.1. The van der Waals surface area contributed by atoms with E-state index in [0.717, 1.165) is 25.7 Å². The fourth-order valence-corrected chi connectivity index (χ4v) is 1.09. The average Bonchev–Trinajstić information content (AvgIpc) is 2.28. The number of carboxylic acid groups (broad SMARTS) is 3. The molecule has 0 aliphatic carbocycles. The third-order valence-electron chi connectivity index (χ3n) is 2.04. The molecule has 6 heteroatoms. The van der Waals surface area contributed by atoms with Gasteiger partial charge in [-0.25, -0.2) is 0 Å². The van der Waals surface area contributed by atoms with Crippen molar-refractivity contribution in [2.45, 2.75) is 72.6 Å². The molecule has 3 N–H and O–H groups in total. The molecular weight excluding hydrogens is 276 g/mol. The average molecular weight is 306 g/mol. The Bertz CT molecular complexity index is 273. The van der Waals surface area contributed by atoms with Crippen LogP contribution in [0.5, 0.6) is 0 Å². The number of aliphatic carboxylic acids is 3. The first-order valence-electron chi connectivity index (χ1n) is 7.32. The van der Waals surface area contributed by atoms with Crippen molar-refractivity contribution in [1.29, 1.82) is 0 Å². The molecule has 0 spiro atoms. The first kappa shape index (κ1) is 24.4. The molecule has 0 bridgehead atoms. The minimum Gasteiger partial charge on any atom is -0.481 e. The number of hydrogen-bond acceptors (Lipinski definition) is 3.